The van der Waals surface area contributed by atoms with Gasteiger partial charge in [-0.05, 0) is 51.0 Å². The molecule has 1 heterocycles. The van der Waals surface area contributed by atoms with Crippen LogP contribution in [-0.2, 0) is 11.2 Å². The van der Waals surface area contributed by atoms with Crippen LogP contribution >= 0.6 is 11.6 Å². The number of carbonyl (C=O) groups is 3. The maximum absolute atomic E-state index is 11.8. The van der Waals surface area contributed by atoms with Crippen molar-refractivity contribution in [1.29, 1.82) is 0 Å². The summed E-state index contributed by atoms with van der Waals surface area (Å²) in [7, 11) is 0. The monoisotopic (exact) mass is 420 g/mol. The van der Waals surface area contributed by atoms with Crippen LogP contribution in [0.2, 0.25) is 5.02 Å². The van der Waals surface area contributed by atoms with Crippen LogP contribution in [0.3, 0.4) is 0 Å². The van der Waals surface area contributed by atoms with Crippen LogP contribution in [0.25, 0.3) is 0 Å². The average Bonchev–Trinajstić information content (AvgIpc) is 2.54. The number of halogens is 1. The van der Waals surface area contributed by atoms with Crippen molar-refractivity contribution in [2.24, 2.45) is 0 Å². The highest BCUT2D eigenvalue weighted by molar-refractivity contribution is 6.31. The fourth-order valence-corrected chi connectivity index (χ4v) is 2.94. The summed E-state index contributed by atoms with van der Waals surface area (Å²) in [5.41, 5.74) is 0.397. The lowest BCUT2D eigenvalue weighted by Gasteiger charge is -2.19. The number of amides is 1. The number of carbonyl (C=O) groups excluding carboxylic acids is 1. The molecule has 8 nitrogen and oxygen atoms in total. The molecule has 0 bridgehead atoms. The first kappa shape index (κ1) is 22.2. The summed E-state index contributed by atoms with van der Waals surface area (Å²) >= 11 is 6.25. The van der Waals surface area contributed by atoms with E-state index in [9.17, 15) is 24.6 Å². The molecule has 0 unspecified atom stereocenters. The van der Waals surface area contributed by atoms with E-state index < -0.39 is 23.6 Å². The molecule has 0 aliphatic heterocycles. The molecule has 0 atom stereocenters. The molecule has 2 rings (SSSR count). The van der Waals surface area contributed by atoms with E-state index in [0.717, 1.165) is 0 Å². The number of hydrogen-bond donors (Lipinski definition) is 3. The predicted molar refractivity (Wildman–Crippen MR) is 107 cm³/mol. The lowest BCUT2D eigenvalue weighted by atomic mass is 9.94. The number of pyridine rings is 1. The predicted octanol–water partition coefficient (Wildman–Crippen LogP) is 4.38. The standard InChI is InChI=1S/C20H21ClN2O6/c1-10-13(17(24)25)6-5-11(16(10)18(26)27)7-15-14(21)8-12(9-22-15)23-19(28)29-20(2,3)4/h5-6,8-9H,7H2,1-4H3,(H,23,28)(H,24,25)(H,26,27). The Hall–Kier alpha value is -3.13. The van der Waals surface area contributed by atoms with Crippen LogP contribution in [-0.4, -0.2) is 38.8 Å². The van der Waals surface area contributed by atoms with Gasteiger partial charge in [0.25, 0.3) is 0 Å². The number of rotatable bonds is 5. The van der Waals surface area contributed by atoms with E-state index >= 15 is 0 Å². The minimum Gasteiger partial charge on any atom is -0.478 e. The topological polar surface area (TPSA) is 126 Å². The molecule has 9 heteroatoms. The van der Waals surface area contributed by atoms with Crippen molar-refractivity contribution in [3.05, 3.63) is 57.4 Å². The third-order valence-electron chi connectivity index (χ3n) is 3.92. The highest BCUT2D eigenvalue weighted by Crippen LogP contribution is 2.26. The first-order chi connectivity index (χ1) is 13.4. The van der Waals surface area contributed by atoms with Crippen molar-refractivity contribution in [3.8, 4) is 0 Å². The lowest BCUT2D eigenvalue weighted by Crippen LogP contribution is -2.27. The van der Waals surface area contributed by atoms with Gasteiger partial charge in [0.2, 0.25) is 0 Å². The lowest BCUT2D eigenvalue weighted by molar-refractivity contribution is 0.0632. The fourth-order valence-electron chi connectivity index (χ4n) is 2.71. The van der Waals surface area contributed by atoms with Crippen molar-refractivity contribution in [2.75, 3.05) is 5.32 Å². The van der Waals surface area contributed by atoms with Gasteiger partial charge in [0.1, 0.15) is 5.60 Å². The Kier molecular flexibility index (Phi) is 6.48. The normalized spacial score (nSPS) is 11.1. The van der Waals surface area contributed by atoms with Gasteiger partial charge in [-0.2, -0.15) is 0 Å². The van der Waals surface area contributed by atoms with Crippen molar-refractivity contribution in [1.82, 2.24) is 4.98 Å². The van der Waals surface area contributed by atoms with Crippen molar-refractivity contribution in [3.63, 3.8) is 0 Å². The Morgan fingerprint density at radius 3 is 2.34 bits per heavy atom. The van der Waals surface area contributed by atoms with Crippen LogP contribution in [0.5, 0.6) is 0 Å². The molecule has 3 N–H and O–H groups in total. The Labute approximate surface area is 172 Å². The molecule has 0 aliphatic carbocycles. The molecule has 0 spiro atoms. The summed E-state index contributed by atoms with van der Waals surface area (Å²) in [6.07, 6.45) is 0.800. The molecule has 0 aliphatic rings. The van der Waals surface area contributed by atoms with Crippen molar-refractivity contribution in [2.45, 2.75) is 39.7 Å². The number of anilines is 1. The van der Waals surface area contributed by atoms with E-state index in [0.29, 0.717) is 16.9 Å². The number of nitrogens with one attached hydrogen (secondary N) is 1. The van der Waals surface area contributed by atoms with Crippen LogP contribution in [0, 0.1) is 6.92 Å². The average molecular weight is 421 g/mol. The van der Waals surface area contributed by atoms with E-state index in [-0.39, 0.29) is 28.1 Å². The third-order valence-corrected chi connectivity index (χ3v) is 4.24. The van der Waals surface area contributed by atoms with Crippen LogP contribution in [0.4, 0.5) is 10.5 Å². The van der Waals surface area contributed by atoms with Crippen LogP contribution in [0.15, 0.2) is 24.4 Å². The Morgan fingerprint density at radius 1 is 1.17 bits per heavy atom. The van der Waals surface area contributed by atoms with Gasteiger partial charge in [-0.15, -0.1) is 0 Å². The number of aromatic carboxylic acids is 2. The number of ether oxygens (including phenoxy) is 1. The molecule has 0 saturated heterocycles. The quantitative estimate of drug-likeness (QED) is 0.655. The van der Waals surface area contributed by atoms with Gasteiger partial charge >= 0.3 is 18.0 Å². The molecular weight excluding hydrogens is 400 g/mol. The molecule has 1 aromatic carbocycles. The first-order valence-electron chi connectivity index (χ1n) is 8.62. The summed E-state index contributed by atoms with van der Waals surface area (Å²) in [6, 6.07) is 4.27. The highest BCUT2D eigenvalue weighted by atomic mass is 35.5. The van der Waals surface area contributed by atoms with Gasteiger partial charge in [-0.1, -0.05) is 17.7 Å². The van der Waals surface area contributed by atoms with E-state index in [1.165, 1.54) is 31.3 Å². The molecular formula is C20H21ClN2O6. The zero-order valence-electron chi connectivity index (χ0n) is 16.4. The van der Waals surface area contributed by atoms with E-state index in [1.54, 1.807) is 20.8 Å². The minimum atomic E-state index is -1.24. The number of nitrogens with zero attached hydrogens (tertiary/aromatic N) is 1. The second-order valence-corrected chi connectivity index (χ2v) is 7.75. The summed E-state index contributed by atoms with van der Waals surface area (Å²) < 4.78 is 5.16. The van der Waals surface area contributed by atoms with Gasteiger partial charge in [-0.25, -0.2) is 14.4 Å². The van der Waals surface area contributed by atoms with E-state index in [4.69, 9.17) is 16.3 Å². The highest BCUT2D eigenvalue weighted by Gasteiger charge is 2.21. The number of carboxylic acid groups (broad SMARTS) is 2. The zero-order chi connectivity index (χ0) is 21.9. The van der Waals surface area contributed by atoms with Crippen molar-refractivity contribution < 1.29 is 29.3 Å². The maximum atomic E-state index is 11.8. The minimum absolute atomic E-state index is 0.0773. The first-order valence-corrected chi connectivity index (χ1v) is 9.00. The summed E-state index contributed by atoms with van der Waals surface area (Å²) in [5, 5.41) is 21.5. The molecule has 29 heavy (non-hydrogen) atoms. The summed E-state index contributed by atoms with van der Waals surface area (Å²) in [6.45, 7) is 6.65. The molecule has 0 radical (unpaired) electrons. The van der Waals surface area contributed by atoms with Gasteiger partial charge in [0, 0.05) is 6.42 Å². The van der Waals surface area contributed by atoms with Gasteiger partial charge in [0.05, 0.1) is 33.7 Å². The Morgan fingerprint density at radius 2 is 1.83 bits per heavy atom. The molecule has 0 saturated carbocycles. The molecule has 2 aromatic rings. The maximum Gasteiger partial charge on any atom is 0.412 e. The summed E-state index contributed by atoms with van der Waals surface area (Å²) in [4.78, 5) is 39.0. The number of hydrogen-bond acceptors (Lipinski definition) is 5. The van der Waals surface area contributed by atoms with Crippen LogP contribution in [0.1, 0.15) is 58.3 Å². The van der Waals surface area contributed by atoms with E-state index in [1.807, 2.05) is 0 Å². The Bertz CT molecular complexity index is 982. The van der Waals surface area contributed by atoms with Crippen LogP contribution < -0.4 is 5.32 Å². The fraction of sp³-hybridized carbons (Fsp3) is 0.300. The smallest absolute Gasteiger partial charge is 0.412 e. The van der Waals surface area contributed by atoms with Gasteiger partial charge < -0.3 is 14.9 Å². The second kappa shape index (κ2) is 8.48. The largest absolute Gasteiger partial charge is 0.478 e. The van der Waals surface area contributed by atoms with Gasteiger partial charge in [0.15, 0.2) is 0 Å². The SMILES string of the molecule is Cc1c(C(=O)O)ccc(Cc2ncc(NC(=O)OC(C)(C)C)cc2Cl)c1C(=O)O. The summed E-state index contributed by atoms with van der Waals surface area (Å²) in [5.74, 6) is -2.44. The zero-order valence-corrected chi connectivity index (χ0v) is 17.1. The number of aromatic nitrogens is 1. The molecule has 1 amide bonds. The third kappa shape index (κ3) is 5.68. The van der Waals surface area contributed by atoms with E-state index in [2.05, 4.69) is 10.3 Å². The number of carboxylic acids is 2. The number of benzene rings is 1. The molecule has 1 aromatic heterocycles. The molecule has 154 valence electrons. The van der Waals surface area contributed by atoms with Crippen molar-refractivity contribution >= 4 is 35.3 Å². The Balaban J connectivity index is 2.29. The second-order valence-electron chi connectivity index (χ2n) is 7.34. The molecule has 0 fully saturated rings. The van der Waals surface area contributed by atoms with Gasteiger partial charge in [-0.3, -0.25) is 10.3 Å².